The van der Waals surface area contributed by atoms with Gasteiger partial charge in [-0.25, -0.2) is 28.6 Å². The number of nitrogen functional groups attached to an aromatic ring is 1. The van der Waals surface area contributed by atoms with Crippen LogP contribution < -0.4 is 22.1 Å². The standard InChI is InChI=1S/C30H45N8O18P3S/c1-30(2,24(42)27(43)34-8-7-20(40)33-9-10-60-29(44)18(31)11-16-3-5-17(39)6-4-16)13-53-59(50,51)56-58(48,49)52-12-19-23(55-57(45,46)47)22(41)28(54-19)38-15-37-21-25(32)35-14-36-26(21)38/h3-6,14-15,18-19,22-24,28,39,41-42H,7-13,31H2,1-2H3,(H,33,40)(H,34,43)(H,48,49)(H,50,51)(H2,32,35,36)(H2,45,46,47)/t18-,19+,22+,23+,24-,28+/m0/s1. The van der Waals surface area contributed by atoms with Crippen molar-refractivity contribution < 1.29 is 85.6 Å². The number of rotatable bonds is 22. The highest BCUT2D eigenvalue weighted by Crippen LogP contribution is 2.61. The number of ether oxygens (including phenoxy) is 1. The number of phosphoric ester groups is 3. The van der Waals surface area contributed by atoms with Gasteiger partial charge in [-0.2, -0.15) is 4.31 Å². The van der Waals surface area contributed by atoms with E-state index >= 15 is 0 Å². The van der Waals surface area contributed by atoms with Gasteiger partial charge in [0, 0.05) is 30.7 Å². The predicted molar refractivity (Wildman–Crippen MR) is 207 cm³/mol. The van der Waals surface area contributed by atoms with Crippen LogP contribution in [0.25, 0.3) is 11.2 Å². The molecule has 0 bridgehead atoms. The van der Waals surface area contributed by atoms with Crippen molar-refractivity contribution in [2.24, 2.45) is 11.1 Å². The lowest BCUT2D eigenvalue weighted by Gasteiger charge is -2.30. The highest BCUT2D eigenvalue weighted by atomic mass is 32.2. The van der Waals surface area contributed by atoms with Crippen LogP contribution in [0.1, 0.15) is 32.1 Å². The van der Waals surface area contributed by atoms with Crippen LogP contribution in [0.2, 0.25) is 0 Å². The SMILES string of the molecule is CC(C)(COP(=O)(O)OP(=O)(O)OC[C@H]1O[C@@H](n2cnc3c(N)ncnc32)[C@H](O)[C@@H]1OP(=O)(O)O)[C@@H](O)C(=O)NCCC(=O)NCCSC(=O)[C@@H](N)Cc1ccc(O)cc1. The van der Waals surface area contributed by atoms with E-state index in [1.165, 1.54) is 26.0 Å². The molecule has 2 amide bonds. The molecule has 1 aliphatic heterocycles. The Kier molecular flexibility index (Phi) is 16.9. The summed E-state index contributed by atoms with van der Waals surface area (Å²) in [6.45, 7) is 0.290. The van der Waals surface area contributed by atoms with Gasteiger partial charge in [-0.05, 0) is 24.1 Å². The number of nitrogens with two attached hydrogens (primary N) is 2. The molecule has 8 atom stereocenters. The normalized spacial score (nSPS) is 21.5. The van der Waals surface area contributed by atoms with E-state index in [1.807, 2.05) is 0 Å². The molecule has 13 N–H and O–H groups in total. The number of phosphoric acid groups is 3. The topological polar surface area (TPSA) is 410 Å². The summed E-state index contributed by atoms with van der Waals surface area (Å²) in [7, 11) is -16.4. The van der Waals surface area contributed by atoms with E-state index < -0.39 is 90.6 Å². The fourth-order valence-corrected chi connectivity index (χ4v) is 8.89. The number of hydrogen-bond acceptors (Lipinski definition) is 20. The van der Waals surface area contributed by atoms with Crippen LogP contribution in [0.15, 0.2) is 36.9 Å². The van der Waals surface area contributed by atoms with E-state index in [2.05, 4.69) is 34.4 Å². The van der Waals surface area contributed by atoms with Gasteiger partial charge in [0.1, 0.15) is 42.0 Å². The fraction of sp³-hybridized carbons (Fsp3) is 0.533. The number of aliphatic hydroxyl groups is 2. The summed E-state index contributed by atoms with van der Waals surface area (Å²) in [6.07, 6.45) is -6.79. The summed E-state index contributed by atoms with van der Waals surface area (Å²) in [4.78, 5) is 88.1. The number of anilines is 1. The molecule has 30 heteroatoms. The minimum absolute atomic E-state index is 0.0227. The second-order valence-corrected chi connectivity index (χ2v) is 19.0. The van der Waals surface area contributed by atoms with E-state index in [0.29, 0.717) is 0 Å². The zero-order valence-electron chi connectivity index (χ0n) is 31.7. The van der Waals surface area contributed by atoms with E-state index in [1.54, 1.807) is 12.1 Å². The molecule has 1 fully saturated rings. The first-order chi connectivity index (χ1) is 27.9. The number of benzene rings is 1. The first-order valence-corrected chi connectivity index (χ1v) is 23.0. The maximum absolute atomic E-state index is 12.7. The van der Waals surface area contributed by atoms with Crippen molar-refractivity contribution in [1.82, 2.24) is 30.2 Å². The number of thioether (sulfide) groups is 1. The first-order valence-electron chi connectivity index (χ1n) is 17.5. The number of nitrogens with zero attached hydrogens (tertiary/aromatic N) is 4. The van der Waals surface area contributed by atoms with Gasteiger partial charge in [-0.15, -0.1) is 0 Å². The molecule has 0 radical (unpaired) electrons. The Labute approximate surface area is 344 Å². The van der Waals surface area contributed by atoms with Crippen molar-refractivity contribution in [2.75, 3.05) is 37.8 Å². The van der Waals surface area contributed by atoms with Crippen LogP contribution in [0.4, 0.5) is 5.82 Å². The van der Waals surface area contributed by atoms with Gasteiger partial charge in [-0.1, -0.05) is 37.7 Å². The fourth-order valence-electron chi connectivity index (χ4n) is 5.36. The van der Waals surface area contributed by atoms with E-state index in [4.69, 9.17) is 25.3 Å². The van der Waals surface area contributed by atoms with Crippen molar-refractivity contribution in [3.63, 3.8) is 0 Å². The third kappa shape index (κ3) is 14.3. The molecular weight excluding hydrogens is 885 g/mol. The number of nitrogens with one attached hydrogen (secondary N) is 2. The monoisotopic (exact) mass is 930 g/mol. The smallest absolute Gasteiger partial charge is 0.481 e. The average molecular weight is 931 g/mol. The summed E-state index contributed by atoms with van der Waals surface area (Å²) in [5.74, 6) is -1.24. The molecule has 1 aromatic carbocycles. The number of aromatic nitrogens is 4. The second kappa shape index (κ2) is 20.6. The van der Waals surface area contributed by atoms with Gasteiger partial charge < -0.3 is 61.7 Å². The molecule has 0 saturated carbocycles. The van der Waals surface area contributed by atoms with Crippen molar-refractivity contribution in [1.29, 1.82) is 0 Å². The molecule has 2 unspecified atom stereocenters. The number of carbonyl (C=O) groups is 3. The van der Waals surface area contributed by atoms with Gasteiger partial charge >= 0.3 is 23.5 Å². The molecule has 3 aromatic rings. The van der Waals surface area contributed by atoms with Crippen LogP contribution in [0, 0.1) is 5.41 Å². The number of carbonyl (C=O) groups excluding carboxylic acids is 3. The Bertz CT molecular complexity index is 2130. The molecule has 3 heterocycles. The first kappa shape index (κ1) is 49.2. The molecule has 2 aromatic heterocycles. The molecule has 60 heavy (non-hydrogen) atoms. The lowest BCUT2D eigenvalue weighted by atomic mass is 9.87. The lowest BCUT2D eigenvalue weighted by Crippen LogP contribution is -2.46. The van der Waals surface area contributed by atoms with Crippen LogP contribution in [-0.2, 0) is 57.1 Å². The van der Waals surface area contributed by atoms with Crippen LogP contribution in [0.5, 0.6) is 5.75 Å². The number of aromatic hydroxyl groups is 1. The molecule has 0 aliphatic carbocycles. The quantitative estimate of drug-likeness (QED) is 0.0422. The maximum Gasteiger partial charge on any atom is 0.481 e. The van der Waals surface area contributed by atoms with E-state index in [9.17, 15) is 63.0 Å². The maximum atomic E-state index is 12.7. The Hall–Kier alpha value is -3.46. The number of imidazole rings is 1. The molecule has 26 nitrogen and oxygen atoms in total. The Morgan fingerprint density at radius 2 is 1.68 bits per heavy atom. The minimum Gasteiger partial charge on any atom is -0.508 e. The van der Waals surface area contributed by atoms with E-state index in [-0.39, 0.29) is 59.5 Å². The summed E-state index contributed by atoms with van der Waals surface area (Å²) in [5.41, 5.74) is 10.9. The van der Waals surface area contributed by atoms with Gasteiger partial charge in [0.15, 0.2) is 17.7 Å². The number of phenolic OH excluding ortho intramolecular Hbond substituents is 1. The second-order valence-electron chi connectivity index (χ2n) is 13.7. The molecule has 1 saturated heterocycles. The van der Waals surface area contributed by atoms with Crippen molar-refractivity contribution in [3.05, 3.63) is 42.5 Å². The number of amides is 2. The zero-order chi connectivity index (χ0) is 44.6. The van der Waals surface area contributed by atoms with Crippen LogP contribution in [0.3, 0.4) is 0 Å². The van der Waals surface area contributed by atoms with Crippen molar-refractivity contribution >= 4 is 69.1 Å². The van der Waals surface area contributed by atoms with E-state index in [0.717, 1.165) is 34.5 Å². The zero-order valence-corrected chi connectivity index (χ0v) is 35.2. The molecular formula is C30H45N8O18P3S. The van der Waals surface area contributed by atoms with Gasteiger partial charge in [-0.3, -0.25) is 32.5 Å². The largest absolute Gasteiger partial charge is 0.508 e. The predicted octanol–water partition coefficient (Wildman–Crippen LogP) is -1.06. The Morgan fingerprint density at radius 1 is 1.02 bits per heavy atom. The molecule has 0 spiro atoms. The average Bonchev–Trinajstić information content (AvgIpc) is 3.72. The molecule has 4 rings (SSSR count). The summed E-state index contributed by atoms with van der Waals surface area (Å²) in [5, 5.41) is 35.4. The number of aliphatic hydroxyl groups excluding tert-OH is 2. The third-order valence-electron chi connectivity index (χ3n) is 8.44. The minimum atomic E-state index is -5.59. The van der Waals surface area contributed by atoms with Crippen molar-refractivity contribution in [2.45, 2.75) is 63.4 Å². The highest BCUT2D eigenvalue weighted by Gasteiger charge is 2.50. The summed E-state index contributed by atoms with van der Waals surface area (Å²) >= 11 is 0.926. The van der Waals surface area contributed by atoms with Gasteiger partial charge in [0.25, 0.3) is 0 Å². The number of phenols is 1. The third-order valence-corrected chi connectivity index (χ3v) is 12.5. The molecule has 334 valence electrons. The highest BCUT2D eigenvalue weighted by molar-refractivity contribution is 8.13. The van der Waals surface area contributed by atoms with Crippen molar-refractivity contribution in [3.8, 4) is 5.75 Å². The molecule has 1 aliphatic rings. The lowest BCUT2D eigenvalue weighted by molar-refractivity contribution is -0.137. The number of fused-ring (bicyclic) bond motifs is 1. The Balaban J connectivity index is 1.20. The Morgan fingerprint density at radius 3 is 2.35 bits per heavy atom. The van der Waals surface area contributed by atoms with Crippen LogP contribution >= 0.6 is 35.2 Å². The summed E-state index contributed by atoms with van der Waals surface area (Å²) in [6, 6.07) is 5.45. The van der Waals surface area contributed by atoms with Gasteiger partial charge in [0.2, 0.25) is 16.9 Å². The van der Waals surface area contributed by atoms with Crippen LogP contribution in [-0.4, -0.2) is 134 Å². The summed E-state index contributed by atoms with van der Waals surface area (Å²) < 4.78 is 62.2. The number of hydrogen-bond donors (Lipinski definition) is 11. The van der Waals surface area contributed by atoms with Gasteiger partial charge in [0.05, 0.1) is 25.6 Å².